The molecule has 380 valence electrons. The minimum Gasteiger partial charge on any atom is -0.487 e. The van der Waals surface area contributed by atoms with E-state index in [1.165, 1.54) is 15.9 Å². The minimum atomic E-state index is -1.94. The zero-order valence-electron chi connectivity index (χ0n) is 42.9. The van der Waals surface area contributed by atoms with Crippen molar-refractivity contribution in [3.8, 4) is 17.2 Å². The zero-order chi connectivity index (χ0) is 51.6. The normalized spacial score (nSPS) is 14.3. The van der Waals surface area contributed by atoms with E-state index in [0.717, 1.165) is 69.7 Å². The molecule has 2 aliphatic rings. The van der Waals surface area contributed by atoms with Gasteiger partial charge in [0.1, 0.15) is 47.0 Å². The van der Waals surface area contributed by atoms with E-state index in [1.807, 2.05) is 73.1 Å². The Labute approximate surface area is 446 Å². The van der Waals surface area contributed by atoms with E-state index in [2.05, 4.69) is 178 Å². The molecule has 0 fully saturated rings. The lowest BCUT2D eigenvalue weighted by atomic mass is 9.77. The van der Waals surface area contributed by atoms with Crippen molar-refractivity contribution in [2.24, 2.45) is 0 Å². The third-order valence-electron chi connectivity index (χ3n) is 14.5. The molecule has 11 heteroatoms. The first kappa shape index (κ1) is 50.2. The second kappa shape index (κ2) is 23.3. The molecule has 0 saturated heterocycles. The molecule has 1 N–H and O–H groups in total. The predicted octanol–water partition coefficient (Wildman–Crippen LogP) is 11.3. The number of pyridine rings is 3. The van der Waals surface area contributed by atoms with Crippen LogP contribution in [0.15, 0.2) is 219 Å². The summed E-state index contributed by atoms with van der Waals surface area (Å²) in [6.45, 7) is 3.83. The lowest BCUT2D eigenvalue weighted by Gasteiger charge is -2.38. The highest BCUT2D eigenvalue weighted by molar-refractivity contribution is 7.95. The van der Waals surface area contributed by atoms with E-state index in [9.17, 15) is 4.79 Å². The number of hydrogen-bond donors (Lipinski definition) is 1. The Morgan fingerprint density at radius 1 is 0.605 bits per heavy atom. The van der Waals surface area contributed by atoms with E-state index in [0.29, 0.717) is 63.0 Å². The van der Waals surface area contributed by atoms with Crippen molar-refractivity contribution in [2.75, 3.05) is 31.2 Å². The Hall–Kier alpha value is -8.01. The molecule has 1 unspecified atom stereocenters. The van der Waals surface area contributed by atoms with Crippen LogP contribution in [0.4, 0.5) is 5.69 Å². The third kappa shape index (κ3) is 10.9. The SMILES string of the molecule is CN(CCNC(=O)CCCC[P+](c1ccccc1)(c1ccccc1)c1ccccc1)c1ccc2c(c1)Oc1cc(OCc3cccc(CN(Cc4ccccn4)Cc4ccccn4)n3)ccc1C21OCc2ccccc21. The van der Waals surface area contributed by atoms with Crippen molar-refractivity contribution in [3.05, 3.63) is 264 Å². The number of nitrogens with one attached hydrogen (secondary N) is 1. The molecule has 9 aromatic rings. The molecule has 1 spiro atoms. The van der Waals surface area contributed by atoms with Crippen LogP contribution in [-0.2, 0) is 48.0 Å². The van der Waals surface area contributed by atoms with Gasteiger partial charge in [0.15, 0.2) is 5.60 Å². The lowest BCUT2D eigenvalue weighted by molar-refractivity contribution is -0.121. The van der Waals surface area contributed by atoms with E-state index in [-0.39, 0.29) is 12.5 Å². The number of unbranched alkanes of at least 4 members (excludes halogenated alkanes) is 1. The summed E-state index contributed by atoms with van der Waals surface area (Å²) in [6, 6.07) is 71.7. The second-order valence-corrected chi connectivity index (χ2v) is 23.1. The van der Waals surface area contributed by atoms with Crippen LogP contribution < -0.4 is 35.6 Å². The average Bonchev–Trinajstić information content (AvgIpc) is 3.87. The number of aromatic nitrogens is 3. The first-order chi connectivity index (χ1) is 37.4. The van der Waals surface area contributed by atoms with Gasteiger partial charge in [-0.25, -0.2) is 0 Å². The van der Waals surface area contributed by atoms with Crippen LogP contribution in [0.2, 0.25) is 0 Å². The number of anilines is 1. The Morgan fingerprint density at radius 2 is 1.18 bits per heavy atom. The molecular formula is C65H62N6O4P+. The lowest BCUT2D eigenvalue weighted by Crippen LogP contribution is -2.34. The maximum atomic E-state index is 13.4. The molecule has 3 aromatic heterocycles. The van der Waals surface area contributed by atoms with Gasteiger partial charge in [0.25, 0.3) is 0 Å². The number of likely N-dealkylation sites (N-methyl/N-ethyl adjacent to an activating group) is 1. The quantitative estimate of drug-likeness (QED) is 0.0557. The number of benzene rings is 6. The van der Waals surface area contributed by atoms with Gasteiger partial charge < -0.3 is 24.4 Å². The van der Waals surface area contributed by atoms with Crippen molar-refractivity contribution in [1.82, 2.24) is 25.2 Å². The highest BCUT2D eigenvalue weighted by atomic mass is 31.2. The molecule has 6 aromatic carbocycles. The molecule has 0 bridgehead atoms. The van der Waals surface area contributed by atoms with Gasteiger partial charge in [0, 0.05) is 87.5 Å². The van der Waals surface area contributed by atoms with Gasteiger partial charge >= 0.3 is 0 Å². The molecule has 0 saturated carbocycles. The second-order valence-electron chi connectivity index (χ2n) is 19.5. The topological polar surface area (TPSA) is 102 Å². The molecule has 0 radical (unpaired) electrons. The van der Waals surface area contributed by atoms with Gasteiger partial charge in [-0.1, -0.05) is 97.1 Å². The Balaban J connectivity index is 0.746. The highest BCUT2D eigenvalue weighted by Crippen LogP contribution is 2.58. The van der Waals surface area contributed by atoms with E-state index < -0.39 is 12.9 Å². The number of nitrogens with zero attached hydrogens (tertiary/aromatic N) is 5. The predicted molar refractivity (Wildman–Crippen MR) is 304 cm³/mol. The number of carbonyl (C=O) groups excluding carboxylic acids is 1. The standard InChI is InChI=1S/C65H61N6O4P/c1-70(40-39-68-64(72)32-15-18-41-76(56-25-5-2-6-26-56,57-27-7-3-8-28-57)58-29-9-4-10-30-58)54-33-35-60-62(42-54)75-63-43-55(34-36-61(63)65(60)59-31-12-11-20-49(59)47-74-65)73-48-53-24-19-23-52(69-53)46-71(44-50-21-13-16-37-66-50)45-51-22-14-17-38-67-51/h2-14,16-17,19-31,33-38,42-43H,15,18,32,39-41,44-48H2,1H3/p+1. The Bertz CT molecular complexity index is 3230. The van der Waals surface area contributed by atoms with Crippen molar-refractivity contribution >= 4 is 34.8 Å². The summed E-state index contributed by atoms with van der Waals surface area (Å²) in [5, 5.41) is 7.31. The molecule has 5 heterocycles. The minimum absolute atomic E-state index is 0.0715. The average molecular weight is 1020 g/mol. The van der Waals surface area contributed by atoms with Crippen LogP contribution >= 0.6 is 7.26 Å². The molecule has 2 aliphatic heterocycles. The van der Waals surface area contributed by atoms with Crippen molar-refractivity contribution < 1.29 is 19.0 Å². The zero-order valence-corrected chi connectivity index (χ0v) is 43.8. The Kier molecular flexibility index (Phi) is 15.4. The van der Waals surface area contributed by atoms with Crippen LogP contribution in [-0.4, -0.2) is 52.1 Å². The maximum absolute atomic E-state index is 13.4. The van der Waals surface area contributed by atoms with E-state index in [4.69, 9.17) is 19.2 Å². The molecule has 11 rings (SSSR count). The van der Waals surface area contributed by atoms with Crippen molar-refractivity contribution in [1.29, 1.82) is 0 Å². The molecule has 0 aliphatic carbocycles. The smallest absolute Gasteiger partial charge is 0.220 e. The molecule has 1 amide bonds. The van der Waals surface area contributed by atoms with Crippen LogP contribution in [0.3, 0.4) is 0 Å². The van der Waals surface area contributed by atoms with E-state index in [1.54, 1.807) is 0 Å². The number of fused-ring (bicyclic) bond motifs is 6. The molecule has 76 heavy (non-hydrogen) atoms. The fraction of sp³-hybridized carbons (Fsp3) is 0.200. The van der Waals surface area contributed by atoms with Gasteiger partial charge in [0.05, 0.1) is 35.5 Å². The largest absolute Gasteiger partial charge is 0.487 e. The van der Waals surface area contributed by atoms with Crippen LogP contribution in [0.5, 0.6) is 17.2 Å². The summed E-state index contributed by atoms with van der Waals surface area (Å²) in [4.78, 5) is 32.1. The van der Waals surface area contributed by atoms with Gasteiger partial charge in [0.2, 0.25) is 5.91 Å². The monoisotopic (exact) mass is 1020 g/mol. The summed E-state index contributed by atoms with van der Waals surface area (Å²) in [6.07, 6.45) is 6.87. The molecule has 10 nitrogen and oxygen atoms in total. The van der Waals surface area contributed by atoms with Crippen molar-refractivity contribution in [3.63, 3.8) is 0 Å². The summed E-state index contributed by atoms with van der Waals surface area (Å²) in [7, 11) is 0.109. The third-order valence-corrected chi connectivity index (χ3v) is 19.1. The number of amides is 1. The molecule has 1 atom stereocenters. The van der Waals surface area contributed by atoms with Gasteiger partial charge in [-0.3, -0.25) is 24.6 Å². The van der Waals surface area contributed by atoms with Crippen LogP contribution in [0.25, 0.3) is 0 Å². The first-order valence-electron chi connectivity index (χ1n) is 26.3. The van der Waals surface area contributed by atoms with Crippen LogP contribution in [0.1, 0.15) is 64.3 Å². The van der Waals surface area contributed by atoms with Gasteiger partial charge in [-0.05, 0) is 121 Å². The fourth-order valence-corrected chi connectivity index (χ4v) is 15.3. The summed E-state index contributed by atoms with van der Waals surface area (Å²) < 4.78 is 20.2. The summed E-state index contributed by atoms with van der Waals surface area (Å²) in [5.41, 5.74) is 7.96. The number of hydrogen-bond acceptors (Lipinski definition) is 9. The number of ether oxygens (including phenoxy) is 3. The number of carbonyl (C=O) groups is 1. The number of rotatable bonds is 21. The highest BCUT2D eigenvalue weighted by Gasteiger charge is 2.50. The maximum Gasteiger partial charge on any atom is 0.220 e. The van der Waals surface area contributed by atoms with Gasteiger partial charge in [-0.2, -0.15) is 0 Å². The Morgan fingerprint density at radius 3 is 1.84 bits per heavy atom. The van der Waals surface area contributed by atoms with E-state index >= 15 is 0 Å². The first-order valence-corrected chi connectivity index (χ1v) is 28.2. The summed E-state index contributed by atoms with van der Waals surface area (Å²) in [5.74, 6) is 2.12. The summed E-state index contributed by atoms with van der Waals surface area (Å²) >= 11 is 0. The van der Waals surface area contributed by atoms with Crippen molar-refractivity contribution in [2.45, 2.75) is 57.7 Å². The fourth-order valence-electron chi connectivity index (χ4n) is 10.8. The van der Waals surface area contributed by atoms with Gasteiger partial charge in [-0.15, -0.1) is 0 Å². The molecular weight excluding hydrogens is 960 g/mol. The van der Waals surface area contributed by atoms with Crippen LogP contribution in [0, 0.1) is 0 Å².